The van der Waals surface area contributed by atoms with Crippen molar-refractivity contribution in [1.82, 2.24) is 4.98 Å². The second kappa shape index (κ2) is 6.08. The Hall–Kier alpha value is -2.16. The van der Waals surface area contributed by atoms with Gasteiger partial charge in [-0.1, -0.05) is 31.2 Å². The third-order valence-electron chi connectivity index (χ3n) is 4.00. The Bertz CT molecular complexity index is 624. The number of hydrogen-bond acceptors (Lipinski definition) is 2. The summed E-state index contributed by atoms with van der Waals surface area (Å²) in [6.45, 7) is 3.03. The maximum atomic E-state index is 12.6. The molecule has 108 valence electrons. The normalized spacial score (nSPS) is 17.4. The molecule has 1 aromatic carbocycles. The van der Waals surface area contributed by atoms with E-state index in [0.717, 1.165) is 30.6 Å². The molecule has 0 aliphatic carbocycles. The lowest BCUT2D eigenvalue weighted by Gasteiger charge is -2.33. The van der Waals surface area contributed by atoms with E-state index >= 15 is 0 Å². The van der Waals surface area contributed by atoms with Gasteiger partial charge in [-0.2, -0.15) is 0 Å². The molecular formula is C18H20N2O. The summed E-state index contributed by atoms with van der Waals surface area (Å²) in [6, 6.07) is 12.2. The van der Waals surface area contributed by atoms with Gasteiger partial charge in [0.25, 0.3) is 0 Å². The number of hydrogen-bond donors (Lipinski definition) is 0. The molecule has 0 spiro atoms. The SMILES string of the molecule is CC1Cc2ccccc2N(C(=O)CCc2cccnc2)C1. The van der Waals surface area contributed by atoms with Crippen molar-refractivity contribution in [2.75, 3.05) is 11.4 Å². The molecule has 1 amide bonds. The van der Waals surface area contributed by atoms with Crippen LogP contribution in [0.1, 0.15) is 24.5 Å². The number of fused-ring (bicyclic) bond motifs is 1. The Balaban J connectivity index is 1.73. The molecule has 3 heteroatoms. The molecule has 3 rings (SSSR count). The fraction of sp³-hybridized carbons (Fsp3) is 0.333. The lowest BCUT2D eigenvalue weighted by Crippen LogP contribution is -2.39. The molecule has 1 aliphatic rings. The van der Waals surface area contributed by atoms with Crippen molar-refractivity contribution in [2.45, 2.75) is 26.2 Å². The summed E-state index contributed by atoms with van der Waals surface area (Å²) in [5.74, 6) is 0.722. The van der Waals surface area contributed by atoms with Crippen LogP contribution in [0.3, 0.4) is 0 Å². The van der Waals surface area contributed by atoms with Gasteiger partial charge in [0.05, 0.1) is 0 Å². The Morgan fingerprint density at radius 2 is 2.14 bits per heavy atom. The smallest absolute Gasteiger partial charge is 0.227 e. The van der Waals surface area contributed by atoms with Gasteiger partial charge in [0.2, 0.25) is 5.91 Å². The predicted octanol–water partition coefficient (Wildman–Crippen LogP) is 3.24. The molecule has 1 atom stereocenters. The highest BCUT2D eigenvalue weighted by Crippen LogP contribution is 2.29. The van der Waals surface area contributed by atoms with Crippen LogP contribution in [0.4, 0.5) is 5.69 Å². The summed E-state index contributed by atoms with van der Waals surface area (Å²) >= 11 is 0. The van der Waals surface area contributed by atoms with Crippen molar-refractivity contribution in [2.24, 2.45) is 5.92 Å². The molecular weight excluding hydrogens is 260 g/mol. The van der Waals surface area contributed by atoms with Crippen molar-refractivity contribution in [3.8, 4) is 0 Å². The van der Waals surface area contributed by atoms with Crippen LogP contribution in [0.15, 0.2) is 48.8 Å². The number of para-hydroxylation sites is 1. The van der Waals surface area contributed by atoms with Gasteiger partial charge < -0.3 is 4.90 Å². The second-order valence-corrected chi connectivity index (χ2v) is 5.80. The van der Waals surface area contributed by atoms with Crippen LogP contribution in [-0.4, -0.2) is 17.4 Å². The topological polar surface area (TPSA) is 33.2 Å². The highest BCUT2D eigenvalue weighted by Gasteiger charge is 2.25. The van der Waals surface area contributed by atoms with Gasteiger partial charge in [-0.05, 0) is 42.0 Å². The first kappa shape index (κ1) is 13.8. The number of carbonyl (C=O) groups is 1. The average Bonchev–Trinajstić information content (AvgIpc) is 2.52. The van der Waals surface area contributed by atoms with E-state index in [1.165, 1.54) is 5.56 Å². The molecule has 0 saturated carbocycles. The number of aromatic nitrogens is 1. The molecule has 2 heterocycles. The number of aryl methyl sites for hydroxylation is 1. The number of nitrogens with zero attached hydrogens (tertiary/aromatic N) is 2. The Morgan fingerprint density at radius 1 is 1.29 bits per heavy atom. The van der Waals surface area contributed by atoms with E-state index in [9.17, 15) is 4.79 Å². The summed E-state index contributed by atoms with van der Waals surface area (Å²) in [5, 5.41) is 0. The summed E-state index contributed by atoms with van der Waals surface area (Å²) in [4.78, 5) is 18.6. The minimum absolute atomic E-state index is 0.206. The monoisotopic (exact) mass is 280 g/mol. The van der Waals surface area contributed by atoms with Crippen LogP contribution >= 0.6 is 0 Å². The Morgan fingerprint density at radius 3 is 2.95 bits per heavy atom. The highest BCUT2D eigenvalue weighted by molar-refractivity contribution is 5.94. The minimum Gasteiger partial charge on any atom is -0.312 e. The van der Waals surface area contributed by atoms with Crippen molar-refractivity contribution in [3.63, 3.8) is 0 Å². The first-order chi connectivity index (χ1) is 10.2. The lowest BCUT2D eigenvalue weighted by molar-refractivity contribution is -0.118. The molecule has 1 unspecified atom stereocenters. The largest absolute Gasteiger partial charge is 0.312 e. The third kappa shape index (κ3) is 3.13. The van der Waals surface area contributed by atoms with Crippen molar-refractivity contribution in [3.05, 3.63) is 59.9 Å². The van der Waals surface area contributed by atoms with Gasteiger partial charge in [0.1, 0.15) is 0 Å². The van der Waals surface area contributed by atoms with Crippen molar-refractivity contribution < 1.29 is 4.79 Å². The minimum atomic E-state index is 0.206. The van der Waals surface area contributed by atoms with Crippen LogP contribution < -0.4 is 4.90 Å². The Kier molecular flexibility index (Phi) is 4.00. The Labute approximate surface area is 125 Å². The zero-order chi connectivity index (χ0) is 14.7. The van der Waals surface area contributed by atoms with Crippen LogP contribution in [0.5, 0.6) is 0 Å². The fourth-order valence-corrected chi connectivity index (χ4v) is 2.97. The average molecular weight is 280 g/mol. The molecule has 0 saturated heterocycles. The molecule has 21 heavy (non-hydrogen) atoms. The number of anilines is 1. The third-order valence-corrected chi connectivity index (χ3v) is 4.00. The van der Waals surface area contributed by atoms with Crippen molar-refractivity contribution in [1.29, 1.82) is 0 Å². The zero-order valence-corrected chi connectivity index (χ0v) is 12.3. The van der Waals surface area contributed by atoms with E-state index in [2.05, 4.69) is 30.1 Å². The number of pyridine rings is 1. The van der Waals surface area contributed by atoms with Gasteiger partial charge in [-0.15, -0.1) is 0 Å². The molecule has 1 aliphatic heterocycles. The zero-order valence-electron chi connectivity index (χ0n) is 12.3. The van der Waals surface area contributed by atoms with Gasteiger partial charge in [0, 0.05) is 31.0 Å². The highest BCUT2D eigenvalue weighted by atomic mass is 16.2. The number of carbonyl (C=O) groups excluding carboxylic acids is 1. The van der Waals surface area contributed by atoms with Gasteiger partial charge >= 0.3 is 0 Å². The summed E-state index contributed by atoms with van der Waals surface area (Å²) in [5.41, 5.74) is 3.49. The molecule has 2 aromatic rings. The van der Waals surface area contributed by atoms with Crippen LogP contribution in [0.2, 0.25) is 0 Å². The maximum absolute atomic E-state index is 12.6. The molecule has 3 nitrogen and oxygen atoms in total. The first-order valence-corrected chi connectivity index (χ1v) is 7.51. The van der Waals surface area contributed by atoms with E-state index in [0.29, 0.717) is 12.3 Å². The summed E-state index contributed by atoms with van der Waals surface area (Å²) < 4.78 is 0. The second-order valence-electron chi connectivity index (χ2n) is 5.80. The van der Waals surface area contributed by atoms with E-state index < -0.39 is 0 Å². The number of amides is 1. The van der Waals surface area contributed by atoms with E-state index in [4.69, 9.17) is 0 Å². The van der Waals surface area contributed by atoms with Crippen molar-refractivity contribution >= 4 is 11.6 Å². The summed E-state index contributed by atoms with van der Waals surface area (Å²) in [6.07, 6.45) is 5.93. The standard InChI is InChI=1S/C18H20N2O/c1-14-11-16-6-2-3-7-17(16)20(13-14)18(21)9-8-15-5-4-10-19-12-15/h2-7,10,12,14H,8-9,11,13H2,1H3. The molecule has 0 N–H and O–H groups in total. The fourth-order valence-electron chi connectivity index (χ4n) is 2.97. The molecule has 0 fully saturated rings. The van der Waals surface area contributed by atoms with Crippen LogP contribution in [0, 0.1) is 5.92 Å². The van der Waals surface area contributed by atoms with E-state index in [1.54, 1.807) is 6.20 Å². The van der Waals surface area contributed by atoms with E-state index in [-0.39, 0.29) is 5.91 Å². The van der Waals surface area contributed by atoms with Gasteiger partial charge in [-0.25, -0.2) is 0 Å². The van der Waals surface area contributed by atoms with Gasteiger partial charge in [0.15, 0.2) is 0 Å². The predicted molar refractivity (Wildman–Crippen MR) is 84.2 cm³/mol. The molecule has 0 bridgehead atoms. The number of rotatable bonds is 3. The lowest BCUT2D eigenvalue weighted by atomic mass is 9.93. The number of benzene rings is 1. The maximum Gasteiger partial charge on any atom is 0.227 e. The molecule has 1 aromatic heterocycles. The van der Waals surface area contributed by atoms with Crippen LogP contribution in [0.25, 0.3) is 0 Å². The molecule has 0 radical (unpaired) electrons. The van der Waals surface area contributed by atoms with E-state index in [1.807, 2.05) is 29.3 Å². The van der Waals surface area contributed by atoms with Crippen LogP contribution in [-0.2, 0) is 17.6 Å². The van der Waals surface area contributed by atoms with Gasteiger partial charge in [-0.3, -0.25) is 9.78 Å². The summed E-state index contributed by atoms with van der Waals surface area (Å²) in [7, 11) is 0. The quantitative estimate of drug-likeness (QED) is 0.864. The first-order valence-electron chi connectivity index (χ1n) is 7.51.